The van der Waals surface area contributed by atoms with Gasteiger partial charge in [0.2, 0.25) is 6.29 Å². The minimum Gasteiger partial charge on any atom is -0.481 e. The standard InChI is InChI=1S/C10H10O4/c11-9(12)7-5-6-3-1-2-4-8(6)14-10(7)13/h1-4,7,10,13H,5H2,(H,11,12). The smallest absolute Gasteiger partial charge is 0.313 e. The first-order valence-corrected chi connectivity index (χ1v) is 4.34. The van der Waals surface area contributed by atoms with Gasteiger partial charge in [0.25, 0.3) is 0 Å². The molecule has 2 N–H and O–H groups in total. The molecule has 1 aromatic rings. The van der Waals surface area contributed by atoms with E-state index in [0.717, 1.165) is 5.56 Å². The van der Waals surface area contributed by atoms with Gasteiger partial charge < -0.3 is 14.9 Å². The van der Waals surface area contributed by atoms with E-state index in [1.54, 1.807) is 18.2 Å². The number of carboxylic acid groups (broad SMARTS) is 1. The molecule has 0 saturated carbocycles. The number of aliphatic carboxylic acids is 1. The molecule has 0 saturated heterocycles. The predicted molar refractivity (Wildman–Crippen MR) is 47.9 cm³/mol. The molecule has 0 aliphatic carbocycles. The third-order valence-electron chi connectivity index (χ3n) is 2.32. The van der Waals surface area contributed by atoms with E-state index in [2.05, 4.69) is 0 Å². The highest BCUT2D eigenvalue weighted by molar-refractivity contribution is 5.71. The monoisotopic (exact) mass is 194 g/mol. The number of carbonyl (C=O) groups is 1. The molecule has 0 aromatic heterocycles. The van der Waals surface area contributed by atoms with Crippen molar-refractivity contribution in [1.29, 1.82) is 0 Å². The zero-order valence-corrected chi connectivity index (χ0v) is 7.38. The van der Waals surface area contributed by atoms with Gasteiger partial charge in [0, 0.05) is 0 Å². The van der Waals surface area contributed by atoms with E-state index in [1.165, 1.54) is 0 Å². The number of rotatable bonds is 1. The van der Waals surface area contributed by atoms with Crippen molar-refractivity contribution < 1.29 is 19.7 Å². The van der Waals surface area contributed by atoms with Gasteiger partial charge in [0.1, 0.15) is 11.7 Å². The Labute approximate surface area is 80.7 Å². The second-order valence-corrected chi connectivity index (χ2v) is 3.26. The highest BCUT2D eigenvalue weighted by Crippen LogP contribution is 2.29. The fourth-order valence-corrected chi connectivity index (χ4v) is 1.55. The average molecular weight is 194 g/mol. The molecule has 0 bridgehead atoms. The third-order valence-corrected chi connectivity index (χ3v) is 2.32. The minimum atomic E-state index is -1.25. The number of fused-ring (bicyclic) bond motifs is 1. The Balaban J connectivity index is 2.31. The van der Waals surface area contributed by atoms with Crippen molar-refractivity contribution in [2.75, 3.05) is 0 Å². The van der Waals surface area contributed by atoms with Crippen LogP contribution in [0.4, 0.5) is 0 Å². The number of ether oxygens (including phenoxy) is 1. The van der Waals surface area contributed by atoms with Gasteiger partial charge in [-0.2, -0.15) is 0 Å². The summed E-state index contributed by atoms with van der Waals surface area (Å²) in [5, 5.41) is 18.2. The summed E-state index contributed by atoms with van der Waals surface area (Å²) in [4.78, 5) is 10.7. The lowest BCUT2D eigenvalue weighted by Gasteiger charge is -2.27. The molecule has 14 heavy (non-hydrogen) atoms. The van der Waals surface area contributed by atoms with Crippen LogP contribution in [0.25, 0.3) is 0 Å². The van der Waals surface area contributed by atoms with Crippen molar-refractivity contribution in [3.8, 4) is 5.75 Å². The lowest BCUT2D eigenvalue weighted by molar-refractivity contribution is -0.156. The molecule has 74 valence electrons. The molecular formula is C10H10O4. The molecule has 2 rings (SSSR count). The minimum absolute atomic E-state index is 0.312. The van der Waals surface area contributed by atoms with Gasteiger partial charge in [-0.15, -0.1) is 0 Å². The van der Waals surface area contributed by atoms with Gasteiger partial charge in [0.15, 0.2) is 0 Å². The molecule has 1 aliphatic rings. The first-order chi connectivity index (χ1) is 6.68. The van der Waals surface area contributed by atoms with Gasteiger partial charge in [-0.25, -0.2) is 0 Å². The Morgan fingerprint density at radius 1 is 1.43 bits per heavy atom. The molecule has 4 heteroatoms. The van der Waals surface area contributed by atoms with Gasteiger partial charge in [-0.1, -0.05) is 18.2 Å². The Kier molecular flexibility index (Phi) is 2.13. The maximum atomic E-state index is 10.7. The van der Waals surface area contributed by atoms with E-state index in [9.17, 15) is 9.90 Å². The quantitative estimate of drug-likeness (QED) is 0.688. The van der Waals surface area contributed by atoms with E-state index in [1.807, 2.05) is 6.07 Å². The molecule has 0 fully saturated rings. The lowest BCUT2D eigenvalue weighted by atomic mass is 9.95. The Morgan fingerprint density at radius 2 is 2.14 bits per heavy atom. The molecule has 0 spiro atoms. The Morgan fingerprint density at radius 3 is 2.86 bits per heavy atom. The molecule has 2 atom stereocenters. The highest BCUT2D eigenvalue weighted by Gasteiger charge is 2.33. The van der Waals surface area contributed by atoms with Crippen molar-refractivity contribution in [2.45, 2.75) is 12.7 Å². The Hall–Kier alpha value is -1.55. The molecule has 0 amide bonds. The molecule has 0 radical (unpaired) electrons. The zero-order chi connectivity index (χ0) is 10.1. The first kappa shape index (κ1) is 9.02. The van der Waals surface area contributed by atoms with Gasteiger partial charge in [0.05, 0.1) is 0 Å². The van der Waals surface area contributed by atoms with E-state index in [4.69, 9.17) is 9.84 Å². The molecule has 2 unspecified atom stereocenters. The van der Waals surface area contributed by atoms with Crippen molar-refractivity contribution in [3.05, 3.63) is 29.8 Å². The second kappa shape index (κ2) is 3.31. The number of hydrogen-bond donors (Lipinski definition) is 2. The number of para-hydroxylation sites is 1. The first-order valence-electron chi connectivity index (χ1n) is 4.34. The summed E-state index contributed by atoms with van der Waals surface area (Å²) in [6, 6.07) is 7.12. The predicted octanol–water partition coefficient (Wildman–Crippen LogP) is 0.641. The molecular weight excluding hydrogens is 184 g/mol. The van der Waals surface area contributed by atoms with Crippen LogP contribution in [-0.4, -0.2) is 22.5 Å². The van der Waals surface area contributed by atoms with E-state index in [-0.39, 0.29) is 0 Å². The van der Waals surface area contributed by atoms with Crippen molar-refractivity contribution in [1.82, 2.24) is 0 Å². The van der Waals surface area contributed by atoms with E-state index >= 15 is 0 Å². The molecule has 4 nitrogen and oxygen atoms in total. The SMILES string of the molecule is O=C(O)C1Cc2ccccc2OC1O. The summed E-state index contributed by atoms with van der Waals surface area (Å²) in [5.41, 5.74) is 0.824. The fourth-order valence-electron chi connectivity index (χ4n) is 1.55. The topological polar surface area (TPSA) is 66.8 Å². The van der Waals surface area contributed by atoms with Crippen LogP contribution in [0.1, 0.15) is 5.56 Å². The normalized spacial score (nSPS) is 24.9. The fraction of sp³-hybridized carbons (Fsp3) is 0.300. The number of benzene rings is 1. The number of carboxylic acids is 1. The van der Waals surface area contributed by atoms with E-state index in [0.29, 0.717) is 12.2 Å². The number of hydrogen-bond acceptors (Lipinski definition) is 3. The van der Waals surface area contributed by atoms with Crippen molar-refractivity contribution in [3.63, 3.8) is 0 Å². The number of aliphatic hydroxyl groups is 1. The zero-order valence-electron chi connectivity index (χ0n) is 7.38. The second-order valence-electron chi connectivity index (χ2n) is 3.26. The van der Waals surface area contributed by atoms with Crippen LogP contribution >= 0.6 is 0 Å². The van der Waals surface area contributed by atoms with E-state index < -0.39 is 18.2 Å². The summed E-state index contributed by atoms with van der Waals surface area (Å²) in [6.45, 7) is 0. The van der Waals surface area contributed by atoms with Crippen LogP contribution in [-0.2, 0) is 11.2 Å². The summed E-state index contributed by atoms with van der Waals surface area (Å²) in [6.07, 6.45) is -0.936. The van der Waals surface area contributed by atoms with Gasteiger partial charge >= 0.3 is 5.97 Å². The summed E-state index contributed by atoms with van der Waals surface area (Å²) < 4.78 is 5.08. The molecule has 1 aliphatic heterocycles. The molecule has 1 aromatic carbocycles. The van der Waals surface area contributed by atoms with Gasteiger partial charge in [-0.3, -0.25) is 4.79 Å². The number of aliphatic hydroxyl groups excluding tert-OH is 1. The van der Waals surface area contributed by atoms with Crippen LogP contribution in [0, 0.1) is 5.92 Å². The van der Waals surface area contributed by atoms with Gasteiger partial charge in [-0.05, 0) is 18.1 Å². The van der Waals surface area contributed by atoms with Crippen LogP contribution in [0.15, 0.2) is 24.3 Å². The maximum absolute atomic E-state index is 10.7. The van der Waals surface area contributed by atoms with Crippen LogP contribution in [0.5, 0.6) is 5.75 Å². The summed E-state index contributed by atoms with van der Waals surface area (Å²) in [5.74, 6) is -1.34. The lowest BCUT2D eigenvalue weighted by Crippen LogP contribution is -2.37. The highest BCUT2D eigenvalue weighted by atomic mass is 16.6. The average Bonchev–Trinajstić information content (AvgIpc) is 2.16. The van der Waals surface area contributed by atoms with Crippen molar-refractivity contribution >= 4 is 5.97 Å². The van der Waals surface area contributed by atoms with Crippen LogP contribution in [0.3, 0.4) is 0 Å². The molecule has 1 heterocycles. The summed E-state index contributed by atoms with van der Waals surface area (Å²) >= 11 is 0. The largest absolute Gasteiger partial charge is 0.481 e. The maximum Gasteiger partial charge on any atom is 0.313 e. The Bertz CT molecular complexity index is 361. The van der Waals surface area contributed by atoms with Crippen molar-refractivity contribution in [2.24, 2.45) is 5.92 Å². The summed E-state index contributed by atoms with van der Waals surface area (Å²) in [7, 11) is 0. The third kappa shape index (κ3) is 1.44. The van der Waals surface area contributed by atoms with Crippen LogP contribution in [0.2, 0.25) is 0 Å². The van der Waals surface area contributed by atoms with Crippen LogP contribution < -0.4 is 4.74 Å².